The zero-order chi connectivity index (χ0) is 17.2. The number of carbonyl (C=O) groups excluding carboxylic acids is 2. The first-order valence-electron chi connectivity index (χ1n) is 7.40. The fraction of sp³-hybridized carbons (Fsp3) is 0.438. The molecule has 1 aromatic carbocycles. The summed E-state index contributed by atoms with van der Waals surface area (Å²) >= 11 is 0. The van der Waals surface area contributed by atoms with E-state index >= 15 is 0 Å². The van der Waals surface area contributed by atoms with Crippen molar-refractivity contribution in [2.45, 2.75) is 32.8 Å². The van der Waals surface area contributed by atoms with Crippen LogP contribution in [0.3, 0.4) is 0 Å². The lowest BCUT2D eigenvalue weighted by atomic mass is 10.2. The van der Waals surface area contributed by atoms with Crippen LogP contribution in [0.1, 0.15) is 37.0 Å². The maximum atomic E-state index is 11.7. The summed E-state index contributed by atoms with van der Waals surface area (Å²) < 4.78 is 5.36. The average molecular weight is 322 g/mol. The maximum absolute atomic E-state index is 11.7. The lowest BCUT2D eigenvalue weighted by Gasteiger charge is -2.08. The number of benzene rings is 1. The number of hydrogen-bond acceptors (Lipinski definition) is 4. The Labute approximate surface area is 135 Å². The van der Waals surface area contributed by atoms with Gasteiger partial charge in [-0.1, -0.05) is 0 Å². The largest absolute Gasteiger partial charge is 0.480 e. The highest BCUT2D eigenvalue weighted by molar-refractivity contribution is 5.97. The van der Waals surface area contributed by atoms with E-state index in [-0.39, 0.29) is 12.0 Å². The van der Waals surface area contributed by atoms with Crippen LogP contribution >= 0.6 is 0 Å². The Morgan fingerprint density at radius 3 is 2.39 bits per heavy atom. The molecule has 0 aliphatic heterocycles. The molecule has 0 heterocycles. The third-order valence-corrected chi connectivity index (χ3v) is 2.83. The SMILES string of the molecule is CC(C)OCCCC(=O)Nc1ccc(C(=O)NCC(=O)O)cc1. The number of hydrogen-bond donors (Lipinski definition) is 3. The molecule has 23 heavy (non-hydrogen) atoms. The van der Waals surface area contributed by atoms with Gasteiger partial charge in [0.2, 0.25) is 5.91 Å². The molecule has 0 atom stereocenters. The summed E-state index contributed by atoms with van der Waals surface area (Å²) in [6, 6.07) is 6.24. The van der Waals surface area contributed by atoms with Gasteiger partial charge in [0.15, 0.2) is 0 Å². The van der Waals surface area contributed by atoms with Gasteiger partial charge in [0.25, 0.3) is 5.91 Å². The number of carboxylic acids is 1. The van der Waals surface area contributed by atoms with E-state index in [4.69, 9.17) is 9.84 Å². The van der Waals surface area contributed by atoms with Crippen molar-refractivity contribution in [3.05, 3.63) is 29.8 Å². The minimum absolute atomic E-state index is 0.125. The molecule has 0 radical (unpaired) electrons. The lowest BCUT2D eigenvalue weighted by Crippen LogP contribution is -2.29. The Morgan fingerprint density at radius 1 is 1.17 bits per heavy atom. The number of carboxylic acid groups (broad SMARTS) is 1. The molecule has 0 unspecified atom stereocenters. The predicted molar refractivity (Wildman–Crippen MR) is 85.4 cm³/mol. The first-order chi connectivity index (χ1) is 10.9. The van der Waals surface area contributed by atoms with Gasteiger partial charge in [0, 0.05) is 24.3 Å². The summed E-state index contributed by atoms with van der Waals surface area (Å²) in [6.45, 7) is 3.98. The Hall–Kier alpha value is -2.41. The average Bonchev–Trinajstić information content (AvgIpc) is 2.49. The molecule has 0 aromatic heterocycles. The molecule has 2 amide bonds. The van der Waals surface area contributed by atoms with Crippen LogP contribution in [-0.2, 0) is 14.3 Å². The molecule has 1 rings (SSSR count). The normalized spacial score (nSPS) is 10.4. The van der Waals surface area contributed by atoms with Crippen LogP contribution in [0.15, 0.2) is 24.3 Å². The summed E-state index contributed by atoms with van der Waals surface area (Å²) in [6.07, 6.45) is 1.14. The summed E-state index contributed by atoms with van der Waals surface area (Å²) in [7, 11) is 0. The van der Waals surface area contributed by atoms with Crippen molar-refractivity contribution in [1.82, 2.24) is 5.32 Å². The van der Waals surface area contributed by atoms with Gasteiger partial charge in [-0.25, -0.2) is 0 Å². The van der Waals surface area contributed by atoms with E-state index in [9.17, 15) is 14.4 Å². The number of amides is 2. The highest BCUT2D eigenvalue weighted by atomic mass is 16.5. The minimum atomic E-state index is -1.11. The summed E-state index contributed by atoms with van der Waals surface area (Å²) in [5, 5.41) is 13.5. The van der Waals surface area contributed by atoms with E-state index in [1.165, 1.54) is 12.1 Å². The van der Waals surface area contributed by atoms with Crippen LogP contribution in [0.5, 0.6) is 0 Å². The fourth-order valence-electron chi connectivity index (χ4n) is 1.74. The highest BCUT2D eigenvalue weighted by Gasteiger charge is 2.08. The molecule has 7 heteroatoms. The second kappa shape index (κ2) is 9.58. The monoisotopic (exact) mass is 322 g/mol. The quantitative estimate of drug-likeness (QED) is 0.600. The van der Waals surface area contributed by atoms with E-state index in [1.54, 1.807) is 12.1 Å². The van der Waals surface area contributed by atoms with E-state index in [1.807, 2.05) is 13.8 Å². The Kier molecular flexibility index (Phi) is 7.76. The van der Waals surface area contributed by atoms with Crippen LogP contribution < -0.4 is 10.6 Å². The molecule has 0 aliphatic carbocycles. The van der Waals surface area contributed by atoms with Crippen LogP contribution in [0, 0.1) is 0 Å². The fourth-order valence-corrected chi connectivity index (χ4v) is 1.74. The molecule has 0 saturated carbocycles. The molecule has 0 saturated heterocycles. The summed E-state index contributed by atoms with van der Waals surface area (Å²) in [5.74, 6) is -1.71. The second-order valence-corrected chi connectivity index (χ2v) is 5.23. The van der Waals surface area contributed by atoms with Crippen LogP contribution in [0.2, 0.25) is 0 Å². The van der Waals surface area contributed by atoms with Crippen molar-refractivity contribution in [1.29, 1.82) is 0 Å². The number of anilines is 1. The maximum Gasteiger partial charge on any atom is 0.322 e. The summed E-state index contributed by atoms with van der Waals surface area (Å²) in [4.78, 5) is 33.8. The Bertz CT molecular complexity index is 540. The number of carbonyl (C=O) groups is 3. The first kappa shape index (κ1) is 18.6. The number of rotatable bonds is 9. The van der Waals surface area contributed by atoms with Crippen molar-refractivity contribution in [3.8, 4) is 0 Å². The van der Waals surface area contributed by atoms with Gasteiger partial charge in [0.05, 0.1) is 6.10 Å². The molecular weight excluding hydrogens is 300 g/mol. The van der Waals surface area contributed by atoms with Crippen molar-refractivity contribution >= 4 is 23.5 Å². The highest BCUT2D eigenvalue weighted by Crippen LogP contribution is 2.10. The molecule has 0 bridgehead atoms. The summed E-state index contributed by atoms with van der Waals surface area (Å²) in [5.41, 5.74) is 0.907. The van der Waals surface area contributed by atoms with E-state index < -0.39 is 18.4 Å². The van der Waals surface area contributed by atoms with Crippen molar-refractivity contribution in [2.75, 3.05) is 18.5 Å². The van der Waals surface area contributed by atoms with Crippen molar-refractivity contribution < 1.29 is 24.2 Å². The van der Waals surface area contributed by atoms with Crippen molar-refractivity contribution in [2.24, 2.45) is 0 Å². The minimum Gasteiger partial charge on any atom is -0.480 e. The van der Waals surface area contributed by atoms with Gasteiger partial charge in [-0.05, 0) is 44.5 Å². The zero-order valence-electron chi connectivity index (χ0n) is 13.3. The smallest absolute Gasteiger partial charge is 0.322 e. The van der Waals surface area contributed by atoms with Crippen molar-refractivity contribution in [3.63, 3.8) is 0 Å². The van der Waals surface area contributed by atoms with E-state index in [0.29, 0.717) is 30.7 Å². The topological polar surface area (TPSA) is 105 Å². The van der Waals surface area contributed by atoms with Crippen LogP contribution in [0.25, 0.3) is 0 Å². The van der Waals surface area contributed by atoms with Gasteiger partial charge < -0.3 is 20.5 Å². The molecule has 3 N–H and O–H groups in total. The molecule has 0 aliphatic rings. The van der Waals surface area contributed by atoms with Crippen LogP contribution in [0.4, 0.5) is 5.69 Å². The molecule has 1 aromatic rings. The predicted octanol–water partition coefficient (Wildman–Crippen LogP) is 1.64. The zero-order valence-corrected chi connectivity index (χ0v) is 13.3. The molecule has 126 valence electrons. The van der Waals surface area contributed by atoms with E-state index in [2.05, 4.69) is 10.6 Å². The molecule has 0 spiro atoms. The third kappa shape index (κ3) is 7.96. The molecular formula is C16H22N2O5. The van der Waals surface area contributed by atoms with Gasteiger partial charge in [-0.3, -0.25) is 14.4 Å². The lowest BCUT2D eigenvalue weighted by molar-refractivity contribution is -0.135. The van der Waals surface area contributed by atoms with Gasteiger partial charge in [-0.15, -0.1) is 0 Å². The second-order valence-electron chi connectivity index (χ2n) is 5.23. The molecule has 7 nitrogen and oxygen atoms in total. The van der Waals surface area contributed by atoms with Gasteiger partial charge >= 0.3 is 5.97 Å². The van der Waals surface area contributed by atoms with Gasteiger partial charge in [0.1, 0.15) is 6.54 Å². The third-order valence-electron chi connectivity index (χ3n) is 2.83. The molecule has 0 fully saturated rings. The number of aliphatic carboxylic acids is 1. The number of ether oxygens (including phenoxy) is 1. The standard InChI is InChI=1S/C16H22N2O5/c1-11(2)23-9-3-4-14(19)18-13-7-5-12(6-8-13)16(22)17-10-15(20)21/h5-8,11H,3-4,9-10H2,1-2H3,(H,17,22)(H,18,19)(H,20,21). The van der Waals surface area contributed by atoms with E-state index in [0.717, 1.165) is 0 Å². The number of nitrogens with one attached hydrogen (secondary N) is 2. The Morgan fingerprint density at radius 2 is 1.83 bits per heavy atom. The van der Waals surface area contributed by atoms with Crippen LogP contribution in [-0.4, -0.2) is 42.1 Å². The Balaban J connectivity index is 2.39. The first-order valence-corrected chi connectivity index (χ1v) is 7.40. The van der Waals surface area contributed by atoms with Gasteiger partial charge in [-0.2, -0.15) is 0 Å².